The van der Waals surface area contributed by atoms with E-state index in [2.05, 4.69) is 8.37 Å². The topological polar surface area (TPSA) is 139 Å². The molecule has 4 N–H and O–H groups in total. The van der Waals surface area contributed by atoms with Crippen LogP contribution in [-0.4, -0.2) is 54.6 Å². The van der Waals surface area contributed by atoms with Gasteiger partial charge in [-0.2, -0.15) is 16.8 Å². The molecule has 0 radical (unpaired) electrons. The highest BCUT2D eigenvalue weighted by molar-refractivity contribution is 7.86. The third kappa shape index (κ3) is 7.09. The fourth-order valence-electron chi connectivity index (χ4n) is 0.955. The molecular formula is C6H16N2O6S2. The van der Waals surface area contributed by atoms with Gasteiger partial charge < -0.3 is 11.5 Å². The van der Waals surface area contributed by atoms with Crippen LogP contribution in [-0.2, 0) is 28.6 Å². The zero-order chi connectivity index (χ0) is 13.0. The molecular weight excluding hydrogens is 260 g/mol. The molecule has 2 atom stereocenters. The van der Waals surface area contributed by atoms with Crippen LogP contribution in [0.3, 0.4) is 0 Å². The molecule has 0 aromatic heterocycles. The summed E-state index contributed by atoms with van der Waals surface area (Å²) in [5.74, 6) is 0. The molecule has 0 aliphatic carbocycles. The molecule has 0 aliphatic heterocycles. The normalized spacial score (nSPS) is 17.0. The lowest BCUT2D eigenvalue weighted by atomic mass is 10.2. The predicted molar refractivity (Wildman–Crippen MR) is 57.5 cm³/mol. The summed E-state index contributed by atoms with van der Waals surface area (Å²) in [5.41, 5.74) is 10.5. The summed E-state index contributed by atoms with van der Waals surface area (Å²) >= 11 is 0. The molecule has 0 rings (SSSR count). The Morgan fingerprint density at radius 3 is 1.25 bits per heavy atom. The third-order valence-electron chi connectivity index (χ3n) is 1.48. The molecule has 10 heteroatoms. The maximum absolute atomic E-state index is 10.9. The zero-order valence-electron chi connectivity index (χ0n) is 8.99. The molecule has 8 nitrogen and oxygen atoms in total. The highest BCUT2D eigenvalue weighted by Crippen LogP contribution is 2.08. The van der Waals surface area contributed by atoms with Crippen LogP contribution in [0.1, 0.15) is 0 Å². The van der Waals surface area contributed by atoms with Gasteiger partial charge in [0.2, 0.25) is 0 Å². The summed E-state index contributed by atoms with van der Waals surface area (Å²) in [7, 11) is -7.51. The first-order valence-electron chi connectivity index (χ1n) is 4.25. The average molecular weight is 276 g/mol. The number of hydrogen-bond donors (Lipinski definition) is 2. The van der Waals surface area contributed by atoms with E-state index in [-0.39, 0.29) is 13.1 Å². The lowest BCUT2D eigenvalue weighted by Crippen LogP contribution is -2.44. The number of rotatable bonds is 7. The van der Waals surface area contributed by atoms with Crippen molar-refractivity contribution in [3.8, 4) is 0 Å². The highest BCUT2D eigenvalue weighted by Gasteiger charge is 2.27. The monoisotopic (exact) mass is 276 g/mol. The summed E-state index contributed by atoms with van der Waals surface area (Å²) in [6.45, 7) is -0.463. The first-order valence-corrected chi connectivity index (χ1v) is 7.89. The van der Waals surface area contributed by atoms with Crippen LogP contribution in [0.2, 0.25) is 0 Å². The van der Waals surface area contributed by atoms with Crippen LogP contribution in [0.4, 0.5) is 0 Å². The second kappa shape index (κ2) is 5.89. The molecule has 0 amide bonds. The Balaban J connectivity index is 4.77. The van der Waals surface area contributed by atoms with E-state index in [0.717, 1.165) is 12.5 Å². The van der Waals surface area contributed by atoms with Crippen molar-refractivity contribution in [3.63, 3.8) is 0 Å². The number of hydrogen-bond acceptors (Lipinski definition) is 8. The molecule has 98 valence electrons. The van der Waals surface area contributed by atoms with Gasteiger partial charge in [0.05, 0.1) is 12.5 Å². The first-order chi connectivity index (χ1) is 7.09. The Labute approximate surface area is 95.1 Å². The van der Waals surface area contributed by atoms with Crippen molar-refractivity contribution in [2.24, 2.45) is 11.5 Å². The van der Waals surface area contributed by atoms with Crippen LogP contribution >= 0.6 is 0 Å². The Morgan fingerprint density at radius 2 is 1.12 bits per heavy atom. The quantitative estimate of drug-likeness (QED) is 0.490. The second-order valence-electron chi connectivity index (χ2n) is 3.15. The zero-order valence-corrected chi connectivity index (χ0v) is 10.6. The summed E-state index contributed by atoms with van der Waals surface area (Å²) in [6, 6.07) is 0. The smallest absolute Gasteiger partial charge is 0.264 e. The SMILES string of the molecule is CS(=O)(=O)O[C@@H](CN)[C@H](CN)OS(C)(=O)=O. The summed E-state index contributed by atoms with van der Waals surface area (Å²) in [5, 5.41) is 0. The Morgan fingerprint density at radius 1 is 0.875 bits per heavy atom. The largest absolute Gasteiger partial charge is 0.328 e. The van der Waals surface area contributed by atoms with E-state index in [1.54, 1.807) is 0 Å². The van der Waals surface area contributed by atoms with Crippen molar-refractivity contribution in [1.82, 2.24) is 0 Å². The second-order valence-corrected chi connectivity index (χ2v) is 6.35. The Kier molecular flexibility index (Phi) is 5.79. The van der Waals surface area contributed by atoms with Crippen LogP contribution in [0, 0.1) is 0 Å². The lowest BCUT2D eigenvalue weighted by Gasteiger charge is -2.22. The van der Waals surface area contributed by atoms with Crippen molar-refractivity contribution in [1.29, 1.82) is 0 Å². The van der Waals surface area contributed by atoms with Gasteiger partial charge in [-0.1, -0.05) is 0 Å². The van der Waals surface area contributed by atoms with E-state index in [0.29, 0.717) is 0 Å². The molecule has 0 bridgehead atoms. The van der Waals surface area contributed by atoms with Gasteiger partial charge in [0.15, 0.2) is 0 Å². The molecule has 0 aromatic rings. The van der Waals surface area contributed by atoms with Crippen molar-refractivity contribution in [2.75, 3.05) is 25.6 Å². The van der Waals surface area contributed by atoms with Crippen LogP contribution in [0.25, 0.3) is 0 Å². The summed E-state index contributed by atoms with van der Waals surface area (Å²) in [4.78, 5) is 0. The van der Waals surface area contributed by atoms with E-state index >= 15 is 0 Å². The number of nitrogens with two attached hydrogens (primary N) is 2. The highest BCUT2D eigenvalue weighted by atomic mass is 32.2. The molecule has 0 heterocycles. The average Bonchev–Trinajstić information content (AvgIpc) is 2.07. The Bertz CT molecular complexity index is 363. The van der Waals surface area contributed by atoms with Gasteiger partial charge in [-0.15, -0.1) is 0 Å². The van der Waals surface area contributed by atoms with E-state index in [9.17, 15) is 16.8 Å². The van der Waals surface area contributed by atoms with Crippen molar-refractivity contribution >= 4 is 20.2 Å². The first kappa shape index (κ1) is 15.7. The molecule has 0 unspecified atom stereocenters. The van der Waals surface area contributed by atoms with Gasteiger partial charge in [-0.3, -0.25) is 8.37 Å². The van der Waals surface area contributed by atoms with E-state index < -0.39 is 32.4 Å². The van der Waals surface area contributed by atoms with Gasteiger partial charge in [0.1, 0.15) is 12.2 Å². The summed E-state index contributed by atoms with van der Waals surface area (Å²) in [6.07, 6.45) is -0.614. The maximum atomic E-state index is 10.9. The third-order valence-corrected chi connectivity index (χ3v) is 2.67. The molecule has 0 saturated heterocycles. The minimum Gasteiger partial charge on any atom is -0.328 e. The van der Waals surface area contributed by atoms with E-state index in [1.165, 1.54) is 0 Å². The van der Waals surface area contributed by atoms with Gasteiger partial charge in [0, 0.05) is 13.1 Å². The predicted octanol–water partition coefficient (Wildman–Crippen LogP) is -2.41. The van der Waals surface area contributed by atoms with Gasteiger partial charge in [-0.25, -0.2) is 0 Å². The van der Waals surface area contributed by atoms with Gasteiger partial charge in [0.25, 0.3) is 20.2 Å². The van der Waals surface area contributed by atoms with E-state index in [4.69, 9.17) is 11.5 Å². The molecule has 0 aromatic carbocycles. The molecule has 16 heavy (non-hydrogen) atoms. The lowest BCUT2D eigenvalue weighted by molar-refractivity contribution is 0.0751. The molecule has 0 fully saturated rings. The van der Waals surface area contributed by atoms with Gasteiger partial charge in [-0.05, 0) is 0 Å². The summed E-state index contributed by atoms with van der Waals surface area (Å²) < 4.78 is 52.6. The fourth-order valence-corrected chi connectivity index (χ4v) is 2.26. The van der Waals surface area contributed by atoms with Crippen LogP contribution in [0.15, 0.2) is 0 Å². The van der Waals surface area contributed by atoms with Crippen molar-refractivity contribution in [3.05, 3.63) is 0 Å². The Hall–Kier alpha value is -0.260. The van der Waals surface area contributed by atoms with Gasteiger partial charge >= 0.3 is 0 Å². The molecule has 0 aliphatic rings. The maximum Gasteiger partial charge on any atom is 0.264 e. The van der Waals surface area contributed by atoms with Crippen LogP contribution in [0.5, 0.6) is 0 Å². The van der Waals surface area contributed by atoms with E-state index in [1.807, 2.05) is 0 Å². The fraction of sp³-hybridized carbons (Fsp3) is 1.00. The molecule has 0 saturated carbocycles. The molecule has 0 spiro atoms. The van der Waals surface area contributed by atoms with Crippen molar-refractivity contribution in [2.45, 2.75) is 12.2 Å². The minimum absolute atomic E-state index is 0.232. The van der Waals surface area contributed by atoms with Crippen molar-refractivity contribution < 1.29 is 25.2 Å². The standard InChI is InChI=1S/C6H16N2O6S2/c1-15(9,10)13-5(3-7)6(4-8)14-16(2,11)12/h5-6H,3-4,7-8H2,1-2H3/t5-,6-/m0/s1. The van der Waals surface area contributed by atoms with Crippen LogP contribution < -0.4 is 11.5 Å². The minimum atomic E-state index is -3.76.